The third-order valence-electron chi connectivity index (χ3n) is 3.83. The van der Waals surface area contributed by atoms with Crippen molar-refractivity contribution in [2.45, 2.75) is 37.2 Å². The van der Waals surface area contributed by atoms with Crippen LogP contribution in [-0.4, -0.2) is 5.11 Å². The number of aliphatic hydroxyl groups is 1. The summed E-state index contributed by atoms with van der Waals surface area (Å²) in [6.45, 7) is 0. The van der Waals surface area contributed by atoms with E-state index in [0.717, 1.165) is 30.4 Å². The molecular weight excluding hydrogens is 186 g/mol. The fraction of sp³-hybridized carbons (Fsp3) is 0.462. The molecule has 0 bridgehead atoms. The second-order valence-corrected chi connectivity index (χ2v) is 4.65. The molecule has 0 saturated heterocycles. The molecule has 0 unspecified atom stereocenters. The van der Waals surface area contributed by atoms with Crippen molar-refractivity contribution < 1.29 is 5.11 Å². The van der Waals surface area contributed by atoms with Gasteiger partial charge in [-0.15, -0.1) is 0 Å². The lowest BCUT2D eigenvalue weighted by Gasteiger charge is -2.29. The molecule has 0 spiro atoms. The van der Waals surface area contributed by atoms with Crippen LogP contribution in [0.4, 0.5) is 0 Å². The zero-order valence-corrected chi connectivity index (χ0v) is 8.53. The number of hydrogen-bond donors (Lipinski definition) is 1. The van der Waals surface area contributed by atoms with Crippen LogP contribution in [0.3, 0.4) is 0 Å². The van der Waals surface area contributed by atoms with E-state index in [2.05, 4.69) is 12.1 Å². The molecule has 2 nitrogen and oxygen atoms in total. The summed E-state index contributed by atoms with van der Waals surface area (Å²) in [5, 5.41) is 19.4. The summed E-state index contributed by atoms with van der Waals surface area (Å²) in [5.74, 6) is 0. The predicted molar refractivity (Wildman–Crippen MR) is 56.2 cm³/mol. The van der Waals surface area contributed by atoms with E-state index in [1.807, 2.05) is 12.1 Å². The normalized spacial score (nSPS) is 32.1. The molecule has 1 aromatic carbocycles. The van der Waals surface area contributed by atoms with Gasteiger partial charge in [0.15, 0.2) is 0 Å². The van der Waals surface area contributed by atoms with E-state index >= 15 is 0 Å². The Kier molecular flexibility index (Phi) is 1.69. The van der Waals surface area contributed by atoms with E-state index < -0.39 is 6.10 Å². The van der Waals surface area contributed by atoms with E-state index in [0.29, 0.717) is 6.42 Å². The third kappa shape index (κ3) is 1.02. The van der Waals surface area contributed by atoms with Gasteiger partial charge in [-0.05, 0) is 36.0 Å². The molecule has 76 valence electrons. The number of aliphatic hydroxyl groups excluding tert-OH is 1. The topological polar surface area (TPSA) is 44.0 Å². The lowest BCUT2D eigenvalue weighted by Crippen LogP contribution is -2.26. The number of aryl methyl sites for hydroxylation is 1. The van der Waals surface area contributed by atoms with Crippen LogP contribution in [0.5, 0.6) is 0 Å². The van der Waals surface area contributed by atoms with E-state index in [4.69, 9.17) is 0 Å². The first-order valence-corrected chi connectivity index (χ1v) is 5.48. The Bertz CT molecular complexity index is 460. The minimum absolute atomic E-state index is 0.385. The molecule has 0 radical (unpaired) electrons. The van der Waals surface area contributed by atoms with Crippen LogP contribution in [0.1, 0.15) is 42.1 Å². The summed E-state index contributed by atoms with van der Waals surface area (Å²) in [5.41, 5.74) is 3.03. The van der Waals surface area contributed by atoms with Crippen LogP contribution in [0.2, 0.25) is 0 Å². The molecule has 3 rings (SSSR count). The van der Waals surface area contributed by atoms with Crippen molar-refractivity contribution in [2.75, 3.05) is 0 Å². The van der Waals surface area contributed by atoms with Crippen molar-refractivity contribution in [2.24, 2.45) is 0 Å². The molecule has 0 saturated carbocycles. The molecule has 0 heterocycles. The zero-order valence-electron chi connectivity index (χ0n) is 8.53. The fourth-order valence-electron chi connectivity index (χ4n) is 3.20. The largest absolute Gasteiger partial charge is 0.388 e. The Morgan fingerprint density at radius 3 is 3.13 bits per heavy atom. The lowest BCUT2D eigenvalue weighted by molar-refractivity contribution is 0.161. The van der Waals surface area contributed by atoms with Gasteiger partial charge in [-0.1, -0.05) is 18.2 Å². The number of nitrogens with zero attached hydrogens (tertiary/aromatic N) is 1. The molecular formula is C13H13NO. The highest BCUT2D eigenvalue weighted by atomic mass is 16.3. The van der Waals surface area contributed by atoms with E-state index in [9.17, 15) is 10.4 Å². The maximum Gasteiger partial charge on any atom is 0.0856 e. The molecule has 0 aromatic heterocycles. The Morgan fingerprint density at radius 2 is 2.33 bits per heavy atom. The smallest absolute Gasteiger partial charge is 0.0856 e. The van der Waals surface area contributed by atoms with Gasteiger partial charge in [0.05, 0.1) is 17.6 Å². The molecule has 2 heteroatoms. The van der Waals surface area contributed by atoms with Crippen LogP contribution < -0.4 is 0 Å². The quantitative estimate of drug-likeness (QED) is 0.696. The van der Waals surface area contributed by atoms with Gasteiger partial charge in [-0.2, -0.15) is 5.26 Å². The van der Waals surface area contributed by atoms with Crippen molar-refractivity contribution in [1.29, 1.82) is 5.26 Å². The second-order valence-electron chi connectivity index (χ2n) is 4.65. The van der Waals surface area contributed by atoms with Gasteiger partial charge in [0.25, 0.3) is 0 Å². The van der Waals surface area contributed by atoms with Gasteiger partial charge >= 0.3 is 0 Å². The highest BCUT2D eigenvalue weighted by molar-refractivity contribution is 5.52. The minimum Gasteiger partial charge on any atom is -0.388 e. The molecule has 0 amide bonds. The number of benzene rings is 1. The first kappa shape index (κ1) is 8.94. The first-order chi connectivity index (χ1) is 7.27. The fourth-order valence-corrected chi connectivity index (χ4v) is 3.20. The van der Waals surface area contributed by atoms with Crippen LogP contribution in [0.25, 0.3) is 0 Å². The standard InChI is InChI=1S/C13H13NO/c14-8-13-6-2-4-9-3-1-5-10(12(9)13)11(15)7-13/h1,3,5,11,15H,2,4,6-7H2/t11-,13+/m1/s1. The van der Waals surface area contributed by atoms with E-state index in [1.54, 1.807) is 0 Å². The Balaban J connectivity index is 2.31. The predicted octanol–water partition coefficient (Wildman–Crippen LogP) is 2.22. The summed E-state index contributed by atoms with van der Waals surface area (Å²) in [4.78, 5) is 0. The number of hydrogen-bond acceptors (Lipinski definition) is 2. The van der Waals surface area contributed by atoms with Gasteiger partial charge in [-0.3, -0.25) is 0 Å². The summed E-state index contributed by atoms with van der Waals surface area (Å²) in [7, 11) is 0. The molecule has 2 aliphatic carbocycles. The van der Waals surface area contributed by atoms with Gasteiger partial charge in [-0.25, -0.2) is 0 Å². The molecule has 1 N–H and O–H groups in total. The zero-order chi connectivity index (χ0) is 10.5. The van der Waals surface area contributed by atoms with E-state index in [-0.39, 0.29) is 5.41 Å². The van der Waals surface area contributed by atoms with Gasteiger partial charge < -0.3 is 5.11 Å². The first-order valence-electron chi connectivity index (χ1n) is 5.48. The number of nitriles is 1. The molecule has 1 aromatic rings. The monoisotopic (exact) mass is 199 g/mol. The summed E-state index contributed by atoms with van der Waals surface area (Å²) >= 11 is 0. The average molecular weight is 199 g/mol. The lowest BCUT2D eigenvalue weighted by atomic mass is 9.72. The summed E-state index contributed by atoms with van der Waals surface area (Å²) in [6.07, 6.45) is 3.19. The van der Waals surface area contributed by atoms with Crippen molar-refractivity contribution in [3.63, 3.8) is 0 Å². The molecule has 15 heavy (non-hydrogen) atoms. The molecule has 0 aliphatic heterocycles. The highest BCUT2D eigenvalue weighted by Crippen LogP contribution is 2.51. The van der Waals surface area contributed by atoms with Crippen LogP contribution in [-0.2, 0) is 11.8 Å². The van der Waals surface area contributed by atoms with Crippen molar-refractivity contribution in [3.8, 4) is 6.07 Å². The van der Waals surface area contributed by atoms with E-state index in [1.165, 1.54) is 5.56 Å². The second kappa shape index (κ2) is 2.84. The van der Waals surface area contributed by atoms with Crippen LogP contribution in [0.15, 0.2) is 18.2 Å². The minimum atomic E-state index is -0.433. The molecule has 2 aliphatic rings. The van der Waals surface area contributed by atoms with Crippen molar-refractivity contribution in [1.82, 2.24) is 0 Å². The average Bonchev–Trinajstić information content (AvgIpc) is 2.56. The third-order valence-corrected chi connectivity index (χ3v) is 3.83. The van der Waals surface area contributed by atoms with Crippen molar-refractivity contribution >= 4 is 0 Å². The maximum absolute atomic E-state index is 9.98. The van der Waals surface area contributed by atoms with Crippen LogP contribution >= 0.6 is 0 Å². The van der Waals surface area contributed by atoms with Gasteiger partial charge in [0.1, 0.15) is 0 Å². The SMILES string of the molecule is N#C[C@@]12CCCc3cccc(c31)[C@H](O)C2. The molecule has 0 fully saturated rings. The maximum atomic E-state index is 9.98. The Morgan fingerprint density at radius 1 is 1.47 bits per heavy atom. The Labute approximate surface area is 89.2 Å². The number of rotatable bonds is 0. The summed E-state index contributed by atoms with van der Waals surface area (Å²) < 4.78 is 0. The molecule has 2 atom stereocenters. The highest BCUT2D eigenvalue weighted by Gasteiger charge is 2.46. The van der Waals surface area contributed by atoms with Crippen LogP contribution in [0, 0.1) is 11.3 Å². The summed E-state index contributed by atoms with van der Waals surface area (Å²) in [6, 6.07) is 8.51. The van der Waals surface area contributed by atoms with Gasteiger partial charge in [0.2, 0.25) is 0 Å². The van der Waals surface area contributed by atoms with Gasteiger partial charge in [0, 0.05) is 6.42 Å². The Hall–Kier alpha value is -1.33. The van der Waals surface area contributed by atoms with Crippen molar-refractivity contribution in [3.05, 3.63) is 34.9 Å².